The van der Waals surface area contributed by atoms with E-state index in [0.717, 1.165) is 57.2 Å². The molecular formula is C33H38N2O11S3. The van der Waals surface area contributed by atoms with Gasteiger partial charge in [-0.1, -0.05) is 30.7 Å². The average Bonchev–Trinajstić information content (AvgIpc) is 2.98. The van der Waals surface area contributed by atoms with E-state index in [2.05, 4.69) is 10.2 Å². The lowest BCUT2D eigenvalue weighted by atomic mass is 9.76. The summed E-state index contributed by atoms with van der Waals surface area (Å²) in [5.41, 5.74) is 2.67. The normalized spacial score (nSPS) is 17.2. The fourth-order valence-electron chi connectivity index (χ4n) is 6.20. The number of amides is 1. The van der Waals surface area contributed by atoms with Crippen LogP contribution in [0.15, 0.2) is 54.6 Å². The van der Waals surface area contributed by atoms with Gasteiger partial charge in [-0.05, 0) is 79.2 Å². The summed E-state index contributed by atoms with van der Waals surface area (Å²) in [6, 6.07) is 14.3. The fraction of sp³-hybridized carbons (Fsp3) is 0.394. The van der Waals surface area contributed by atoms with Gasteiger partial charge in [0.15, 0.2) is 11.5 Å². The molecule has 1 unspecified atom stereocenters. The number of benzene rings is 3. The van der Waals surface area contributed by atoms with E-state index in [1.807, 2.05) is 0 Å². The second-order valence-corrected chi connectivity index (χ2v) is 17.1. The lowest BCUT2D eigenvalue weighted by Gasteiger charge is -2.29. The monoisotopic (exact) mass is 734 g/mol. The molecule has 5 rings (SSSR count). The van der Waals surface area contributed by atoms with E-state index < -0.39 is 42.1 Å². The maximum Gasteiger partial charge on any atom is 0.306 e. The zero-order valence-corrected chi connectivity index (χ0v) is 29.7. The van der Waals surface area contributed by atoms with Crippen molar-refractivity contribution in [3.63, 3.8) is 0 Å². The van der Waals surface area contributed by atoms with Gasteiger partial charge in [-0.25, -0.2) is 0 Å². The number of hydrogen-bond acceptors (Lipinski definition) is 12. The molecule has 1 aliphatic heterocycles. The largest absolute Gasteiger partial charge is 0.383 e. The minimum Gasteiger partial charge on any atom is -0.383 e. The molecule has 3 aromatic rings. The Labute approximate surface area is 286 Å². The van der Waals surface area contributed by atoms with Crippen molar-refractivity contribution in [2.75, 3.05) is 43.7 Å². The summed E-state index contributed by atoms with van der Waals surface area (Å²) >= 11 is 0. The van der Waals surface area contributed by atoms with Gasteiger partial charge in [-0.15, -0.1) is 0 Å². The van der Waals surface area contributed by atoms with Crippen LogP contribution in [0, 0.1) is 0 Å². The summed E-state index contributed by atoms with van der Waals surface area (Å²) in [7, 11) is -12.0. The summed E-state index contributed by atoms with van der Waals surface area (Å²) in [4.78, 5) is 28.5. The number of carbonyl (C=O) groups is 2. The first kappa shape index (κ1) is 36.3. The quantitative estimate of drug-likeness (QED) is 0.268. The topological polar surface area (TPSA) is 180 Å². The number of nitrogens with one attached hydrogen (secondary N) is 1. The molecule has 0 radical (unpaired) electrons. The Balaban J connectivity index is 1.50. The van der Waals surface area contributed by atoms with E-state index in [0.29, 0.717) is 34.5 Å². The number of fused-ring (bicyclic) bond motifs is 1. The van der Waals surface area contributed by atoms with Gasteiger partial charge in [0.2, 0.25) is 5.91 Å². The van der Waals surface area contributed by atoms with Gasteiger partial charge in [-0.2, -0.15) is 25.3 Å². The van der Waals surface area contributed by atoms with E-state index in [-0.39, 0.29) is 48.0 Å². The number of anilines is 1. The fourth-order valence-corrected chi connectivity index (χ4v) is 7.59. The Bertz CT molecular complexity index is 2060. The molecule has 1 aliphatic carbocycles. The van der Waals surface area contributed by atoms with Crippen LogP contribution in [0.2, 0.25) is 0 Å². The molecular weight excluding hydrogens is 697 g/mol. The Kier molecular flexibility index (Phi) is 10.7. The number of Topliss-reactive ketones (excluding diaryl/α,β-unsaturated/α-hetero) is 1. The molecule has 1 heterocycles. The summed E-state index contributed by atoms with van der Waals surface area (Å²) in [5.74, 6) is -1.44. The number of carbonyl (C=O) groups excluding carboxylic acids is 2. The van der Waals surface area contributed by atoms with Gasteiger partial charge in [0, 0.05) is 30.2 Å². The second kappa shape index (κ2) is 14.5. The minimum absolute atomic E-state index is 0.0103. The first-order chi connectivity index (χ1) is 22.9. The third-order valence-corrected chi connectivity index (χ3v) is 9.61. The Morgan fingerprint density at radius 1 is 0.776 bits per heavy atom. The molecule has 3 aromatic carbocycles. The minimum atomic E-state index is -4.13. The van der Waals surface area contributed by atoms with Crippen molar-refractivity contribution in [2.45, 2.75) is 44.4 Å². The number of hydrogen-bond donors (Lipinski definition) is 1. The maximum atomic E-state index is 13.7. The lowest BCUT2D eigenvalue weighted by Crippen LogP contribution is -2.36. The molecule has 1 amide bonds. The molecule has 0 aromatic heterocycles. The van der Waals surface area contributed by atoms with Crippen molar-refractivity contribution in [1.82, 2.24) is 4.90 Å². The van der Waals surface area contributed by atoms with Crippen LogP contribution >= 0.6 is 0 Å². The van der Waals surface area contributed by atoms with Crippen LogP contribution in [-0.4, -0.2) is 80.2 Å². The van der Waals surface area contributed by atoms with Crippen LogP contribution in [0.25, 0.3) is 0 Å². The standard InChI is InChI=1S/C33H38N2O11S3/c1-47(38,39)44-26-13-9-23(10-14-26)24-18-28-27(17-22-7-11-25(12-8-22)34-32(37)21-35-15-5-4-6-16-35)30(45-48(2,40)41)20-31(46-49(3,42)43)33(28)29(36)19-24/h7-14,20,24H,4-6,15-19,21H2,1-3H3,(H,34,37). The number of likely N-dealkylation sites (tertiary alicyclic amines) is 1. The van der Waals surface area contributed by atoms with Crippen molar-refractivity contribution in [3.8, 4) is 17.2 Å². The predicted molar refractivity (Wildman–Crippen MR) is 183 cm³/mol. The van der Waals surface area contributed by atoms with E-state index in [9.17, 15) is 34.8 Å². The third-order valence-electron chi connectivity index (χ3n) is 8.15. The highest BCUT2D eigenvalue weighted by atomic mass is 32.2. The van der Waals surface area contributed by atoms with Crippen molar-refractivity contribution in [2.24, 2.45) is 0 Å². The third kappa shape index (κ3) is 10.3. The SMILES string of the molecule is CS(=O)(=O)Oc1ccc(C2CC(=O)c3c(OS(C)(=O)=O)cc(OS(C)(=O)=O)c(Cc4ccc(NC(=O)CN5CCCCC5)cc4)c3C2)cc1. The molecule has 0 spiro atoms. The van der Waals surface area contributed by atoms with E-state index in [1.165, 1.54) is 12.1 Å². The Hall–Kier alpha value is -3.99. The van der Waals surface area contributed by atoms with E-state index in [1.54, 1.807) is 36.4 Å². The molecule has 0 bridgehead atoms. The summed E-state index contributed by atoms with van der Waals surface area (Å²) in [6.45, 7) is 2.06. The lowest BCUT2D eigenvalue weighted by molar-refractivity contribution is -0.117. The van der Waals surface area contributed by atoms with Crippen LogP contribution in [-0.2, 0) is 48.0 Å². The van der Waals surface area contributed by atoms with E-state index in [4.69, 9.17) is 12.5 Å². The van der Waals surface area contributed by atoms with Gasteiger partial charge in [0.25, 0.3) is 0 Å². The maximum absolute atomic E-state index is 13.7. The summed E-state index contributed by atoms with van der Waals surface area (Å²) in [5, 5.41) is 2.90. The van der Waals surface area contributed by atoms with Crippen LogP contribution in [0.3, 0.4) is 0 Å². The molecule has 16 heteroatoms. The van der Waals surface area contributed by atoms with Crippen molar-refractivity contribution in [3.05, 3.63) is 82.4 Å². The zero-order chi connectivity index (χ0) is 35.6. The highest BCUT2D eigenvalue weighted by molar-refractivity contribution is 7.86. The molecule has 2 aliphatic rings. The molecule has 1 N–H and O–H groups in total. The van der Waals surface area contributed by atoms with Gasteiger partial charge in [-0.3, -0.25) is 14.5 Å². The highest BCUT2D eigenvalue weighted by Crippen LogP contribution is 2.44. The summed E-state index contributed by atoms with van der Waals surface area (Å²) in [6.07, 6.45) is 6.12. The smallest absolute Gasteiger partial charge is 0.306 e. The molecule has 264 valence electrons. The van der Waals surface area contributed by atoms with Crippen LogP contribution < -0.4 is 17.9 Å². The van der Waals surface area contributed by atoms with Gasteiger partial charge in [0.05, 0.1) is 30.9 Å². The molecule has 1 fully saturated rings. The summed E-state index contributed by atoms with van der Waals surface area (Å²) < 4.78 is 87.8. The van der Waals surface area contributed by atoms with Crippen molar-refractivity contribution < 1.29 is 47.4 Å². The number of piperidine rings is 1. The molecule has 0 saturated carbocycles. The van der Waals surface area contributed by atoms with Crippen LogP contribution in [0.1, 0.15) is 64.2 Å². The highest BCUT2D eigenvalue weighted by Gasteiger charge is 2.34. The second-order valence-electron chi connectivity index (χ2n) is 12.4. The molecule has 13 nitrogen and oxygen atoms in total. The number of nitrogens with zero attached hydrogens (tertiary/aromatic N) is 1. The van der Waals surface area contributed by atoms with Gasteiger partial charge < -0.3 is 17.9 Å². The number of rotatable bonds is 12. The first-order valence-electron chi connectivity index (χ1n) is 15.5. The van der Waals surface area contributed by atoms with Gasteiger partial charge >= 0.3 is 30.4 Å². The van der Waals surface area contributed by atoms with Crippen molar-refractivity contribution in [1.29, 1.82) is 0 Å². The first-order valence-corrected chi connectivity index (χ1v) is 21.0. The van der Waals surface area contributed by atoms with E-state index >= 15 is 0 Å². The van der Waals surface area contributed by atoms with Gasteiger partial charge in [0.1, 0.15) is 11.5 Å². The molecule has 49 heavy (non-hydrogen) atoms. The van der Waals surface area contributed by atoms with Crippen LogP contribution in [0.4, 0.5) is 5.69 Å². The average molecular weight is 735 g/mol. The predicted octanol–water partition coefficient (Wildman–Crippen LogP) is 3.63. The van der Waals surface area contributed by atoms with Crippen LogP contribution in [0.5, 0.6) is 17.2 Å². The van der Waals surface area contributed by atoms with Crippen molar-refractivity contribution >= 4 is 47.7 Å². The number of ketones is 1. The Morgan fingerprint density at radius 3 is 1.96 bits per heavy atom. The Morgan fingerprint density at radius 2 is 1.37 bits per heavy atom. The zero-order valence-electron chi connectivity index (χ0n) is 27.3. The molecule has 1 atom stereocenters. The molecule has 1 saturated heterocycles.